The van der Waals surface area contributed by atoms with Crippen molar-refractivity contribution in [1.29, 1.82) is 0 Å². The highest BCUT2D eigenvalue weighted by Crippen LogP contribution is 2.24. The Labute approximate surface area is 83.4 Å². The molecule has 0 radical (unpaired) electrons. The van der Waals surface area contributed by atoms with Gasteiger partial charge in [0.1, 0.15) is 0 Å². The Balaban J connectivity index is 3.99. The number of nitrogens with two attached hydrogens (primary N) is 1. The second kappa shape index (κ2) is 5.43. The lowest BCUT2D eigenvalue weighted by molar-refractivity contribution is 0.274. The molecule has 0 saturated carbocycles. The van der Waals surface area contributed by atoms with Crippen LogP contribution in [0.3, 0.4) is 0 Å². The van der Waals surface area contributed by atoms with E-state index in [1.807, 2.05) is 6.92 Å². The maximum Gasteiger partial charge on any atom is 0.0250 e. The molecule has 0 aliphatic heterocycles. The molecule has 0 rings (SSSR count). The molecule has 0 aromatic heterocycles. The fourth-order valence-corrected chi connectivity index (χ4v) is 1.47. The van der Waals surface area contributed by atoms with Crippen LogP contribution in [0.2, 0.25) is 0 Å². The first-order valence-corrected chi connectivity index (χ1v) is 5.27. The zero-order valence-corrected chi connectivity index (χ0v) is 9.80. The normalized spacial score (nSPS) is 18.4. The minimum Gasteiger partial charge on any atom is -0.324 e. The van der Waals surface area contributed by atoms with Crippen molar-refractivity contribution in [2.45, 2.75) is 47.1 Å². The second-order valence-corrected chi connectivity index (χ2v) is 4.77. The largest absolute Gasteiger partial charge is 0.324 e. The summed E-state index contributed by atoms with van der Waals surface area (Å²) >= 11 is 0. The Bertz CT molecular complexity index is 161. The molecule has 0 aliphatic carbocycles. The molecule has 0 aromatic carbocycles. The van der Waals surface area contributed by atoms with Crippen molar-refractivity contribution in [1.82, 2.24) is 0 Å². The van der Waals surface area contributed by atoms with Crippen LogP contribution in [0.5, 0.6) is 0 Å². The van der Waals surface area contributed by atoms with Crippen LogP contribution in [0.25, 0.3) is 0 Å². The summed E-state index contributed by atoms with van der Waals surface area (Å²) in [5.74, 6) is 2.17. The van der Waals surface area contributed by atoms with Crippen LogP contribution >= 0.6 is 0 Å². The third-order valence-electron chi connectivity index (χ3n) is 3.21. The summed E-state index contributed by atoms with van der Waals surface area (Å²) in [6, 6.07) is 0.177. The van der Waals surface area contributed by atoms with E-state index in [-0.39, 0.29) is 6.04 Å². The SMILES string of the molecule is C=C(C)C(N)CC(C)C(C)C(C)C. The smallest absolute Gasteiger partial charge is 0.0250 e. The molecule has 0 saturated heterocycles. The van der Waals surface area contributed by atoms with Crippen LogP contribution in [0.4, 0.5) is 0 Å². The summed E-state index contributed by atoms with van der Waals surface area (Å²) in [7, 11) is 0. The number of hydrogen-bond donors (Lipinski definition) is 1. The van der Waals surface area contributed by atoms with Gasteiger partial charge in [0.2, 0.25) is 0 Å². The Morgan fingerprint density at radius 1 is 1.23 bits per heavy atom. The number of hydrogen-bond acceptors (Lipinski definition) is 1. The van der Waals surface area contributed by atoms with E-state index in [4.69, 9.17) is 5.73 Å². The average molecular weight is 183 g/mol. The first-order chi connectivity index (χ1) is 5.86. The van der Waals surface area contributed by atoms with Crippen molar-refractivity contribution < 1.29 is 0 Å². The second-order valence-electron chi connectivity index (χ2n) is 4.77. The van der Waals surface area contributed by atoms with Crippen LogP contribution in [-0.2, 0) is 0 Å². The van der Waals surface area contributed by atoms with Gasteiger partial charge in [0.15, 0.2) is 0 Å². The molecule has 1 heteroatoms. The Morgan fingerprint density at radius 3 is 2.00 bits per heavy atom. The molecule has 1 nitrogen and oxygen atoms in total. The molecular formula is C12H25N. The molecule has 0 amide bonds. The summed E-state index contributed by atoms with van der Waals surface area (Å²) in [6.07, 6.45) is 1.06. The zero-order valence-electron chi connectivity index (χ0n) is 9.80. The lowest BCUT2D eigenvalue weighted by Crippen LogP contribution is -2.27. The molecule has 2 N–H and O–H groups in total. The van der Waals surface area contributed by atoms with Crippen molar-refractivity contribution in [2.75, 3.05) is 0 Å². The van der Waals surface area contributed by atoms with Crippen molar-refractivity contribution in [3.8, 4) is 0 Å². The molecular weight excluding hydrogens is 158 g/mol. The third kappa shape index (κ3) is 4.47. The Hall–Kier alpha value is -0.300. The van der Waals surface area contributed by atoms with Gasteiger partial charge in [-0.05, 0) is 31.1 Å². The third-order valence-corrected chi connectivity index (χ3v) is 3.21. The van der Waals surface area contributed by atoms with Gasteiger partial charge in [-0.15, -0.1) is 0 Å². The van der Waals surface area contributed by atoms with E-state index in [9.17, 15) is 0 Å². The summed E-state index contributed by atoms with van der Waals surface area (Å²) in [5.41, 5.74) is 7.06. The summed E-state index contributed by atoms with van der Waals surface area (Å²) < 4.78 is 0. The maximum absolute atomic E-state index is 5.96. The fourth-order valence-electron chi connectivity index (χ4n) is 1.47. The lowest BCUT2D eigenvalue weighted by Gasteiger charge is -2.26. The molecule has 0 aliphatic rings. The van der Waals surface area contributed by atoms with Crippen LogP contribution in [0.1, 0.15) is 41.0 Å². The van der Waals surface area contributed by atoms with Crippen molar-refractivity contribution >= 4 is 0 Å². The van der Waals surface area contributed by atoms with Crippen LogP contribution in [0.15, 0.2) is 12.2 Å². The number of rotatable bonds is 5. The monoisotopic (exact) mass is 183 g/mol. The van der Waals surface area contributed by atoms with Gasteiger partial charge in [0.05, 0.1) is 0 Å². The molecule has 0 fully saturated rings. The van der Waals surface area contributed by atoms with Crippen LogP contribution in [0, 0.1) is 17.8 Å². The molecule has 0 heterocycles. The first kappa shape index (κ1) is 12.7. The molecule has 3 unspecified atom stereocenters. The average Bonchev–Trinajstić information content (AvgIpc) is 2.02. The van der Waals surface area contributed by atoms with E-state index >= 15 is 0 Å². The maximum atomic E-state index is 5.96. The van der Waals surface area contributed by atoms with Gasteiger partial charge >= 0.3 is 0 Å². The van der Waals surface area contributed by atoms with Crippen molar-refractivity contribution in [3.63, 3.8) is 0 Å². The van der Waals surface area contributed by atoms with Gasteiger partial charge in [0, 0.05) is 6.04 Å². The molecule has 0 spiro atoms. The summed E-state index contributed by atoms with van der Waals surface area (Å²) in [6.45, 7) is 15.0. The predicted octanol–water partition coefficient (Wildman–Crippen LogP) is 3.21. The highest BCUT2D eigenvalue weighted by atomic mass is 14.6. The summed E-state index contributed by atoms with van der Waals surface area (Å²) in [4.78, 5) is 0. The van der Waals surface area contributed by atoms with Crippen molar-refractivity contribution in [3.05, 3.63) is 12.2 Å². The standard InChI is InChI=1S/C12H25N/c1-8(2)11(6)10(5)7-12(13)9(3)4/h8,10-12H,3,7,13H2,1-2,4-6H3. The summed E-state index contributed by atoms with van der Waals surface area (Å²) in [5, 5.41) is 0. The highest BCUT2D eigenvalue weighted by Gasteiger charge is 2.18. The van der Waals surface area contributed by atoms with E-state index in [2.05, 4.69) is 34.3 Å². The van der Waals surface area contributed by atoms with E-state index in [1.54, 1.807) is 0 Å². The van der Waals surface area contributed by atoms with E-state index in [0.29, 0.717) is 5.92 Å². The van der Waals surface area contributed by atoms with Gasteiger partial charge in [0.25, 0.3) is 0 Å². The zero-order chi connectivity index (χ0) is 10.6. The van der Waals surface area contributed by atoms with Crippen LogP contribution in [-0.4, -0.2) is 6.04 Å². The Kier molecular flexibility index (Phi) is 5.31. The minimum absolute atomic E-state index is 0.177. The predicted molar refractivity (Wildman–Crippen MR) is 60.6 cm³/mol. The van der Waals surface area contributed by atoms with Gasteiger partial charge in [-0.1, -0.05) is 39.8 Å². The van der Waals surface area contributed by atoms with Gasteiger partial charge in [-0.2, -0.15) is 0 Å². The molecule has 0 bridgehead atoms. The Morgan fingerprint density at radius 2 is 1.69 bits per heavy atom. The van der Waals surface area contributed by atoms with Gasteiger partial charge < -0.3 is 5.73 Å². The topological polar surface area (TPSA) is 26.0 Å². The quantitative estimate of drug-likeness (QED) is 0.651. The van der Waals surface area contributed by atoms with E-state index < -0.39 is 0 Å². The van der Waals surface area contributed by atoms with E-state index in [0.717, 1.165) is 23.8 Å². The first-order valence-electron chi connectivity index (χ1n) is 5.27. The van der Waals surface area contributed by atoms with Crippen molar-refractivity contribution in [2.24, 2.45) is 23.5 Å². The minimum atomic E-state index is 0.177. The van der Waals surface area contributed by atoms with Gasteiger partial charge in [-0.25, -0.2) is 0 Å². The fraction of sp³-hybridized carbons (Fsp3) is 0.833. The lowest BCUT2D eigenvalue weighted by atomic mass is 9.82. The van der Waals surface area contributed by atoms with Crippen LogP contribution < -0.4 is 5.73 Å². The van der Waals surface area contributed by atoms with E-state index in [1.165, 1.54) is 0 Å². The van der Waals surface area contributed by atoms with Gasteiger partial charge in [-0.3, -0.25) is 0 Å². The molecule has 3 atom stereocenters. The molecule has 13 heavy (non-hydrogen) atoms. The highest BCUT2D eigenvalue weighted by molar-refractivity contribution is 5.00. The molecule has 78 valence electrons. The molecule has 0 aromatic rings.